The Kier molecular flexibility index (Phi) is 11.7. The first kappa shape index (κ1) is 47.5. The van der Waals surface area contributed by atoms with E-state index in [1.165, 1.54) is 153 Å². The molecule has 3 heterocycles. The Hall–Kier alpha value is -5.84. The van der Waals surface area contributed by atoms with Crippen LogP contribution < -0.4 is 25.5 Å². The van der Waals surface area contributed by atoms with Gasteiger partial charge in [0, 0.05) is 43.2 Å². The van der Waals surface area contributed by atoms with Gasteiger partial charge in [-0.15, -0.1) is 11.3 Å². The molecule has 11 rings (SSSR count). The van der Waals surface area contributed by atoms with E-state index in [1.807, 2.05) is 11.3 Å². The van der Waals surface area contributed by atoms with Crippen molar-refractivity contribution in [3.8, 4) is 22.3 Å². The van der Waals surface area contributed by atoms with Gasteiger partial charge in [0.05, 0.1) is 11.4 Å². The maximum absolute atomic E-state index is 2.78. The summed E-state index contributed by atoms with van der Waals surface area (Å²) in [7, 11) is 0. The predicted molar refractivity (Wildman–Crippen MR) is 312 cm³/mol. The number of hydrogen-bond donors (Lipinski definition) is 0. The van der Waals surface area contributed by atoms with Gasteiger partial charge in [-0.25, -0.2) is 0 Å². The van der Waals surface area contributed by atoms with Crippen molar-refractivity contribution in [2.75, 3.05) is 9.80 Å². The number of benzene rings is 7. The molecule has 4 heteroatoms. The zero-order valence-electron chi connectivity index (χ0n) is 44.8. The van der Waals surface area contributed by atoms with Crippen molar-refractivity contribution in [1.29, 1.82) is 0 Å². The number of hydrogen-bond acceptors (Lipinski definition) is 3. The second-order valence-corrected chi connectivity index (χ2v) is 25.8. The summed E-state index contributed by atoms with van der Waals surface area (Å²) in [6, 6.07) is 52.8. The molecule has 3 aliphatic rings. The van der Waals surface area contributed by atoms with Gasteiger partial charge in [-0.2, -0.15) is 0 Å². The SMILES string of the molecule is Cc1cccc(C)c1-c1c(C2CCCCC2)cccc1N1c2cc(C(C)C)cc3c2B(c2cc(C(C)(C)C)ccc2N3c2ccc(-c3cccc(C(C)(C)C)c3)cc2)c2sc3cc(C(C)(C)C)ccc3c21. The summed E-state index contributed by atoms with van der Waals surface area (Å²) in [5.41, 5.74) is 25.5. The fourth-order valence-electron chi connectivity index (χ4n) is 12.2. The Labute approximate surface area is 430 Å². The third-order valence-corrected chi connectivity index (χ3v) is 17.6. The van der Waals surface area contributed by atoms with Gasteiger partial charge in [0.15, 0.2) is 0 Å². The van der Waals surface area contributed by atoms with Crippen LogP contribution in [0.3, 0.4) is 0 Å². The Morgan fingerprint density at radius 1 is 0.535 bits per heavy atom. The molecule has 71 heavy (non-hydrogen) atoms. The lowest BCUT2D eigenvalue weighted by atomic mass is 9.36. The molecule has 7 aromatic carbocycles. The highest BCUT2D eigenvalue weighted by molar-refractivity contribution is 7.33. The summed E-state index contributed by atoms with van der Waals surface area (Å²) in [5.74, 6) is 0.832. The van der Waals surface area contributed by atoms with Gasteiger partial charge in [-0.1, -0.05) is 186 Å². The second-order valence-electron chi connectivity index (χ2n) is 24.8. The summed E-state index contributed by atoms with van der Waals surface area (Å²) < 4.78 is 2.80. The van der Waals surface area contributed by atoms with Crippen LogP contribution in [0.1, 0.15) is 159 Å². The first-order valence-electron chi connectivity index (χ1n) is 26.7. The third kappa shape index (κ3) is 8.17. The van der Waals surface area contributed by atoms with Gasteiger partial charge < -0.3 is 9.80 Å². The molecule has 2 aliphatic heterocycles. The first-order chi connectivity index (χ1) is 33.8. The Bertz CT molecular complexity index is 3340. The molecule has 0 spiro atoms. The molecule has 0 atom stereocenters. The van der Waals surface area contributed by atoms with Crippen molar-refractivity contribution in [1.82, 2.24) is 0 Å². The van der Waals surface area contributed by atoms with Crippen molar-refractivity contribution in [2.24, 2.45) is 0 Å². The molecule has 1 fully saturated rings. The minimum Gasteiger partial charge on any atom is -0.311 e. The minimum atomic E-state index is -0.0289. The molecule has 2 nitrogen and oxygen atoms in total. The summed E-state index contributed by atoms with van der Waals surface area (Å²) >= 11 is 2.03. The Morgan fingerprint density at radius 3 is 1.80 bits per heavy atom. The number of aryl methyl sites for hydroxylation is 2. The van der Waals surface area contributed by atoms with Crippen molar-refractivity contribution in [2.45, 2.75) is 150 Å². The Morgan fingerprint density at radius 2 is 1.14 bits per heavy atom. The third-order valence-electron chi connectivity index (χ3n) is 16.4. The number of thiophene rings is 1. The molecule has 1 aliphatic carbocycles. The largest absolute Gasteiger partial charge is 0.311 e. The molecule has 0 unspecified atom stereocenters. The van der Waals surface area contributed by atoms with E-state index in [9.17, 15) is 0 Å². The molecule has 0 bridgehead atoms. The van der Waals surface area contributed by atoms with Gasteiger partial charge in [0.25, 0.3) is 6.71 Å². The average molecular weight is 949 g/mol. The smallest absolute Gasteiger partial charge is 0.264 e. The standard InChI is InChI=1S/C67H73BN2S/c1-41(2)47-37-57-62-58(38-47)70(56-27-19-26-52(45-22-15-14-16-23-45)61(56)60-42(3)20-17-21-43(60)4)63-53-34-30-50(67(11,12)13)40-59(53)71-64(63)68(62)54-39-49(66(8,9)10)31-35-55(54)69(57)51-32-28-44(29-33-51)46-24-18-25-48(36-46)65(5,6)7/h17-21,24-41,45H,14-16,22-23H2,1-13H3. The van der Waals surface area contributed by atoms with Crippen molar-refractivity contribution >= 4 is 78.0 Å². The van der Waals surface area contributed by atoms with Gasteiger partial charge in [0.1, 0.15) is 0 Å². The van der Waals surface area contributed by atoms with Crippen molar-refractivity contribution in [3.63, 3.8) is 0 Å². The zero-order valence-corrected chi connectivity index (χ0v) is 45.6. The van der Waals surface area contributed by atoms with E-state index in [1.54, 1.807) is 0 Å². The van der Waals surface area contributed by atoms with Gasteiger partial charge in [0.2, 0.25) is 0 Å². The van der Waals surface area contributed by atoms with Gasteiger partial charge in [-0.3, -0.25) is 0 Å². The van der Waals surface area contributed by atoms with Gasteiger partial charge >= 0.3 is 0 Å². The van der Waals surface area contributed by atoms with Crippen molar-refractivity contribution < 1.29 is 0 Å². The highest BCUT2D eigenvalue weighted by atomic mass is 32.1. The first-order valence-corrected chi connectivity index (χ1v) is 27.5. The van der Waals surface area contributed by atoms with Crippen LogP contribution in [-0.2, 0) is 16.2 Å². The molecule has 8 aromatic rings. The summed E-state index contributed by atoms with van der Waals surface area (Å²) in [4.78, 5) is 5.40. The summed E-state index contributed by atoms with van der Waals surface area (Å²) in [6.45, 7) is 30.5. The van der Waals surface area contributed by atoms with E-state index in [-0.39, 0.29) is 23.0 Å². The van der Waals surface area contributed by atoms with E-state index in [2.05, 4.69) is 233 Å². The molecule has 360 valence electrons. The molecule has 0 saturated heterocycles. The van der Waals surface area contributed by atoms with E-state index < -0.39 is 0 Å². The maximum atomic E-state index is 2.78. The zero-order chi connectivity index (χ0) is 49.9. The summed E-state index contributed by atoms with van der Waals surface area (Å²) in [6.07, 6.45) is 6.41. The fourth-order valence-corrected chi connectivity index (χ4v) is 13.6. The van der Waals surface area contributed by atoms with Crippen LogP contribution in [0.25, 0.3) is 32.3 Å². The maximum Gasteiger partial charge on any atom is 0.264 e. The monoisotopic (exact) mass is 949 g/mol. The molecular formula is C67H73BN2S. The normalized spacial score (nSPS) is 15.1. The van der Waals surface area contributed by atoms with Crippen LogP contribution >= 0.6 is 11.3 Å². The topological polar surface area (TPSA) is 6.48 Å². The molecule has 0 N–H and O–H groups in total. The lowest BCUT2D eigenvalue weighted by Gasteiger charge is -2.44. The van der Waals surface area contributed by atoms with Crippen LogP contribution in [0.2, 0.25) is 0 Å². The lowest BCUT2D eigenvalue weighted by molar-refractivity contribution is 0.444. The highest BCUT2D eigenvalue weighted by Gasteiger charge is 2.47. The highest BCUT2D eigenvalue weighted by Crippen LogP contribution is 2.54. The van der Waals surface area contributed by atoms with E-state index >= 15 is 0 Å². The molecule has 1 saturated carbocycles. The lowest BCUT2D eigenvalue weighted by Crippen LogP contribution is -2.60. The fraction of sp³-hybridized carbons (Fsp3) is 0.343. The van der Waals surface area contributed by atoms with E-state index in [0.29, 0.717) is 11.8 Å². The van der Waals surface area contributed by atoms with E-state index in [4.69, 9.17) is 0 Å². The van der Waals surface area contributed by atoms with E-state index in [0.717, 1.165) is 0 Å². The number of fused-ring (bicyclic) bond motifs is 6. The average Bonchev–Trinajstić information content (AvgIpc) is 3.72. The van der Waals surface area contributed by atoms with Crippen LogP contribution in [0.4, 0.5) is 34.1 Å². The summed E-state index contributed by atoms with van der Waals surface area (Å²) in [5, 5.41) is 1.35. The quantitative estimate of drug-likeness (QED) is 0.153. The number of nitrogens with zero attached hydrogens (tertiary/aromatic N) is 2. The predicted octanol–water partition coefficient (Wildman–Crippen LogP) is 18.0. The van der Waals surface area contributed by atoms with Crippen LogP contribution in [0.15, 0.2) is 133 Å². The van der Waals surface area contributed by atoms with Crippen molar-refractivity contribution in [3.05, 3.63) is 172 Å². The number of rotatable bonds is 6. The minimum absolute atomic E-state index is 0.0228. The molecule has 1 aromatic heterocycles. The molecular weight excluding hydrogens is 876 g/mol. The second kappa shape index (κ2) is 17.4. The van der Waals surface area contributed by atoms with Crippen LogP contribution in [0, 0.1) is 13.8 Å². The van der Waals surface area contributed by atoms with Crippen LogP contribution in [-0.4, -0.2) is 6.71 Å². The molecule has 0 amide bonds. The number of anilines is 6. The van der Waals surface area contributed by atoms with Gasteiger partial charge in [-0.05, 0) is 164 Å². The molecule has 0 radical (unpaired) electrons. The Balaban J connectivity index is 1.24. The van der Waals surface area contributed by atoms with Crippen LogP contribution in [0.5, 0.6) is 0 Å².